The zero-order valence-electron chi connectivity index (χ0n) is 7.10. The van der Waals surface area contributed by atoms with Crippen molar-refractivity contribution >= 4 is 15.9 Å². The summed E-state index contributed by atoms with van der Waals surface area (Å²) in [7, 11) is 1.72. The molecule has 66 valence electrons. The Bertz CT molecular complexity index is 125. The SMILES string of the molecule is COCC1(CBr)CC(C)CO1. The number of rotatable bonds is 3. The molecule has 1 heterocycles. The van der Waals surface area contributed by atoms with Crippen LogP contribution in [-0.2, 0) is 9.47 Å². The fourth-order valence-corrected chi connectivity index (χ4v) is 2.12. The molecule has 3 heteroatoms. The monoisotopic (exact) mass is 222 g/mol. The first-order chi connectivity index (χ1) is 5.22. The highest BCUT2D eigenvalue weighted by molar-refractivity contribution is 9.09. The van der Waals surface area contributed by atoms with E-state index in [1.54, 1.807) is 7.11 Å². The maximum atomic E-state index is 5.67. The predicted molar refractivity (Wildman–Crippen MR) is 48.1 cm³/mol. The average Bonchev–Trinajstić information content (AvgIpc) is 2.34. The van der Waals surface area contributed by atoms with E-state index in [1.807, 2.05) is 0 Å². The Morgan fingerprint density at radius 3 is 2.82 bits per heavy atom. The van der Waals surface area contributed by atoms with Gasteiger partial charge in [0.25, 0.3) is 0 Å². The highest BCUT2D eigenvalue weighted by Gasteiger charge is 2.37. The van der Waals surface area contributed by atoms with Gasteiger partial charge in [0.05, 0.1) is 13.2 Å². The topological polar surface area (TPSA) is 18.5 Å². The van der Waals surface area contributed by atoms with Crippen LogP contribution in [0.5, 0.6) is 0 Å². The zero-order valence-corrected chi connectivity index (χ0v) is 8.69. The van der Waals surface area contributed by atoms with Crippen LogP contribution >= 0.6 is 15.9 Å². The summed E-state index contributed by atoms with van der Waals surface area (Å²) in [6.45, 7) is 3.78. The summed E-state index contributed by atoms with van der Waals surface area (Å²) in [5.41, 5.74) is -0.0475. The highest BCUT2D eigenvalue weighted by atomic mass is 79.9. The molecule has 0 saturated carbocycles. The van der Waals surface area contributed by atoms with Gasteiger partial charge >= 0.3 is 0 Å². The van der Waals surface area contributed by atoms with Gasteiger partial charge < -0.3 is 9.47 Å². The third-order valence-corrected chi connectivity index (χ3v) is 3.07. The van der Waals surface area contributed by atoms with E-state index in [1.165, 1.54) is 0 Å². The minimum Gasteiger partial charge on any atom is -0.382 e. The molecule has 1 aliphatic heterocycles. The standard InChI is InChI=1S/C8H15BrO2/c1-7-3-8(5-9,6-10-2)11-4-7/h7H,3-6H2,1-2H3. The van der Waals surface area contributed by atoms with Crippen LogP contribution in [0.25, 0.3) is 0 Å². The van der Waals surface area contributed by atoms with Gasteiger partial charge in [-0.05, 0) is 12.3 Å². The molecule has 2 atom stereocenters. The molecule has 0 radical (unpaired) electrons. The van der Waals surface area contributed by atoms with Crippen molar-refractivity contribution < 1.29 is 9.47 Å². The second-order valence-corrected chi connectivity index (χ2v) is 3.93. The van der Waals surface area contributed by atoms with Crippen LogP contribution in [0.15, 0.2) is 0 Å². The van der Waals surface area contributed by atoms with Crippen LogP contribution in [0.3, 0.4) is 0 Å². The van der Waals surface area contributed by atoms with E-state index in [2.05, 4.69) is 22.9 Å². The quantitative estimate of drug-likeness (QED) is 0.679. The first-order valence-corrected chi connectivity index (χ1v) is 5.03. The minimum atomic E-state index is -0.0475. The summed E-state index contributed by atoms with van der Waals surface area (Å²) in [6.07, 6.45) is 1.10. The fraction of sp³-hybridized carbons (Fsp3) is 1.00. The summed E-state index contributed by atoms with van der Waals surface area (Å²) in [6, 6.07) is 0. The Hall–Kier alpha value is 0.400. The molecule has 2 nitrogen and oxygen atoms in total. The van der Waals surface area contributed by atoms with E-state index >= 15 is 0 Å². The van der Waals surface area contributed by atoms with Gasteiger partial charge in [0.15, 0.2) is 0 Å². The lowest BCUT2D eigenvalue weighted by Crippen LogP contribution is -2.35. The van der Waals surface area contributed by atoms with Crippen LogP contribution in [0.2, 0.25) is 0 Å². The fourth-order valence-electron chi connectivity index (χ4n) is 1.57. The molecule has 11 heavy (non-hydrogen) atoms. The Morgan fingerprint density at radius 1 is 1.73 bits per heavy atom. The van der Waals surface area contributed by atoms with Crippen LogP contribution in [0.4, 0.5) is 0 Å². The Morgan fingerprint density at radius 2 is 2.45 bits per heavy atom. The van der Waals surface area contributed by atoms with Crippen LogP contribution in [-0.4, -0.2) is 31.3 Å². The van der Waals surface area contributed by atoms with Crippen LogP contribution in [0, 0.1) is 5.92 Å². The number of alkyl halides is 1. The van der Waals surface area contributed by atoms with E-state index in [0.29, 0.717) is 12.5 Å². The number of hydrogen-bond acceptors (Lipinski definition) is 2. The van der Waals surface area contributed by atoms with Gasteiger partial charge in [-0.25, -0.2) is 0 Å². The van der Waals surface area contributed by atoms with Crippen molar-refractivity contribution in [2.45, 2.75) is 18.9 Å². The predicted octanol–water partition coefficient (Wildman–Crippen LogP) is 1.82. The van der Waals surface area contributed by atoms with Gasteiger partial charge in [-0.15, -0.1) is 0 Å². The van der Waals surface area contributed by atoms with Crippen molar-refractivity contribution in [1.29, 1.82) is 0 Å². The van der Waals surface area contributed by atoms with Crippen molar-refractivity contribution in [2.75, 3.05) is 25.7 Å². The van der Waals surface area contributed by atoms with Gasteiger partial charge in [0, 0.05) is 12.4 Å². The van der Waals surface area contributed by atoms with E-state index in [-0.39, 0.29) is 5.60 Å². The lowest BCUT2D eigenvalue weighted by atomic mass is 9.98. The third-order valence-electron chi connectivity index (χ3n) is 2.05. The van der Waals surface area contributed by atoms with Gasteiger partial charge in [-0.3, -0.25) is 0 Å². The smallest absolute Gasteiger partial charge is 0.101 e. The molecule has 0 spiro atoms. The summed E-state index contributed by atoms with van der Waals surface area (Å²) < 4.78 is 10.8. The lowest BCUT2D eigenvalue weighted by Gasteiger charge is -2.24. The second kappa shape index (κ2) is 3.87. The number of hydrogen-bond donors (Lipinski definition) is 0. The van der Waals surface area contributed by atoms with Crippen molar-refractivity contribution in [1.82, 2.24) is 0 Å². The summed E-state index contributed by atoms with van der Waals surface area (Å²) >= 11 is 3.46. The Kier molecular flexibility index (Phi) is 3.34. The molecule has 0 N–H and O–H groups in total. The molecule has 0 bridgehead atoms. The maximum Gasteiger partial charge on any atom is 0.101 e. The van der Waals surface area contributed by atoms with Crippen molar-refractivity contribution in [3.05, 3.63) is 0 Å². The molecule has 1 rings (SSSR count). The van der Waals surface area contributed by atoms with E-state index in [0.717, 1.165) is 18.4 Å². The molecule has 1 fully saturated rings. The average molecular weight is 223 g/mol. The molecule has 1 aliphatic rings. The number of halogens is 1. The Balaban J connectivity index is 2.48. The summed E-state index contributed by atoms with van der Waals surface area (Å²) in [5, 5.41) is 0.873. The molecule has 0 aromatic heterocycles. The molecular formula is C8H15BrO2. The van der Waals surface area contributed by atoms with Gasteiger partial charge in [0.2, 0.25) is 0 Å². The normalized spacial score (nSPS) is 37.9. The maximum absolute atomic E-state index is 5.67. The number of methoxy groups -OCH3 is 1. The van der Waals surface area contributed by atoms with Crippen molar-refractivity contribution in [2.24, 2.45) is 5.92 Å². The lowest BCUT2D eigenvalue weighted by molar-refractivity contribution is -0.0337. The minimum absolute atomic E-state index is 0.0475. The molecule has 1 saturated heterocycles. The van der Waals surface area contributed by atoms with E-state index < -0.39 is 0 Å². The molecule has 0 aromatic rings. The zero-order chi connectivity index (χ0) is 8.32. The number of ether oxygens (including phenoxy) is 2. The second-order valence-electron chi connectivity index (χ2n) is 3.37. The molecule has 2 unspecified atom stereocenters. The highest BCUT2D eigenvalue weighted by Crippen LogP contribution is 2.31. The van der Waals surface area contributed by atoms with E-state index in [4.69, 9.17) is 9.47 Å². The summed E-state index contributed by atoms with van der Waals surface area (Å²) in [4.78, 5) is 0. The summed E-state index contributed by atoms with van der Waals surface area (Å²) in [5.74, 6) is 0.669. The van der Waals surface area contributed by atoms with Gasteiger partial charge in [-0.1, -0.05) is 22.9 Å². The largest absolute Gasteiger partial charge is 0.382 e. The van der Waals surface area contributed by atoms with Crippen LogP contribution in [0.1, 0.15) is 13.3 Å². The first kappa shape index (κ1) is 9.49. The molecular weight excluding hydrogens is 208 g/mol. The van der Waals surface area contributed by atoms with Crippen molar-refractivity contribution in [3.63, 3.8) is 0 Å². The van der Waals surface area contributed by atoms with Gasteiger partial charge in [0.1, 0.15) is 5.60 Å². The van der Waals surface area contributed by atoms with Crippen molar-refractivity contribution in [3.8, 4) is 0 Å². The molecule has 0 amide bonds. The Labute approximate surface area is 76.4 Å². The molecule has 0 aliphatic carbocycles. The first-order valence-electron chi connectivity index (χ1n) is 3.91. The molecule has 0 aromatic carbocycles. The van der Waals surface area contributed by atoms with Crippen LogP contribution < -0.4 is 0 Å². The third kappa shape index (κ3) is 2.17. The van der Waals surface area contributed by atoms with Gasteiger partial charge in [-0.2, -0.15) is 0 Å². The van der Waals surface area contributed by atoms with E-state index in [9.17, 15) is 0 Å².